The Hall–Kier alpha value is -1.91. The molecule has 0 aromatic carbocycles. The van der Waals surface area contributed by atoms with Crippen molar-refractivity contribution in [3.05, 3.63) is 30.1 Å². The number of amides is 3. The van der Waals surface area contributed by atoms with Crippen LogP contribution in [0.3, 0.4) is 0 Å². The summed E-state index contributed by atoms with van der Waals surface area (Å²) in [4.78, 5) is 30.4. The fourth-order valence-electron chi connectivity index (χ4n) is 3.68. The van der Waals surface area contributed by atoms with Gasteiger partial charge in [0.25, 0.3) is 5.91 Å². The van der Waals surface area contributed by atoms with Gasteiger partial charge < -0.3 is 4.90 Å². The summed E-state index contributed by atoms with van der Waals surface area (Å²) in [7, 11) is 0. The van der Waals surface area contributed by atoms with Crippen molar-refractivity contribution in [3.63, 3.8) is 0 Å². The van der Waals surface area contributed by atoms with Gasteiger partial charge in [-0.3, -0.25) is 15.1 Å². The highest BCUT2D eigenvalue weighted by atomic mass is 16.2. The third-order valence-electron chi connectivity index (χ3n) is 4.73. The number of pyridine rings is 1. The molecule has 2 atom stereocenters. The number of urea groups is 1. The number of carbonyl (C=O) groups excluding carboxylic acids is 2. The Kier molecular flexibility index (Phi) is 3.66. The monoisotopic (exact) mass is 287 g/mol. The molecule has 1 saturated carbocycles. The van der Waals surface area contributed by atoms with Crippen LogP contribution in [-0.2, 0) is 11.2 Å². The number of hydrogen-bond donors (Lipinski definition) is 1. The zero-order chi connectivity index (χ0) is 14.9. The molecule has 1 aromatic rings. The van der Waals surface area contributed by atoms with Crippen LogP contribution < -0.4 is 5.32 Å². The Labute approximate surface area is 124 Å². The fraction of sp³-hybridized carbons (Fsp3) is 0.562. The zero-order valence-corrected chi connectivity index (χ0v) is 12.3. The van der Waals surface area contributed by atoms with Crippen molar-refractivity contribution in [2.45, 2.75) is 44.6 Å². The van der Waals surface area contributed by atoms with Crippen LogP contribution in [0.2, 0.25) is 0 Å². The largest absolute Gasteiger partial charge is 0.325 e. The Morgan fingerprint density at radius 2 is 2.33 bits per heavy atom. The molecule has 112 valence electrons. The highest BCUT2D eigenvalue weighted by Gasteiger charge is 2.53. The van der Waals surface area contributed by atoms with Crippen molar-refractivity contribution >= 4 is 11.9 Å². The molecule has 1 N–H and O–H groups in total. The first-order chi connectivity index (χ1) is 10.1. The fourth-order valence-corrected chi connectivity index (χ4v) is 3.68. The average Bonchev–Trinajstić information content (AvgIpc) is 2.69. The molecule has 2 heterocycles. The van der Waals surface area contributed by atoms with E-state index < -0.39 is 5.54 Å². The standard InChI is InChI=1S/C16H21N3O2/c1-12-4-2-7-16(10-12)14(20)18-15(21)19(16)9-6-13-5-3-8-17-11-13/h3,5,8,11-12H,2,4,6-7,9-10H2,1H3,(H,18,20,21). The lowest BCUT2D eigenvalue weighted by Gasteiger charge is -2.40. The summed E-state index contributed by atoms with van der Waals surface area (Å²) in [6.45, 7) is 2.73. The number of carbonyl (C=O) groups is 2. The Balaban J connectivity index is 1.78. The summed E-state index contributed by atoms with van der Waals surface area (Å²) < 4.78 is 0. The van der Waals surface area contributed by atoms with Crippen LogP contribution >= 0.6 is 0 Å². The van der Waals surface area contributed by atoms with E-state index in [2.05, 4.69) is 17.2 Å². The van der Waals surface area contributed by atoms with Crippen molar-refractivity contribution in [1.82, 2.24) is 15.2 Å². The van der Waals surface area contributed by atoms with Crippen LogP contribution in [0.15, 0.2) is 24.5 Å². The van der Waals surface area contributed by atoms with E-state index in [1.807, 2.05) is 18.3 Å². The second kappa shape index (κ2) is 5.47. The Morgan fingerprint density at radius 1 is 1.48 bits per heavy atom. The van der Waals surface area contributed by atoms with Crippen LogP contribution in [0.25, 0.3) is 0 Å². The minimum atomic E-state index is -0.614. The average molecular weight is 287 g/mol. The molecule has 0 radical (unpaired) electrons. The lowest BCUT2D eigenvalue weighted by Crippen LogP contribution is -2.53. The van der Waals surface area contributed by atoms with Gasteiger partial charge in [0.1, 0.15) is 5.54 Å². The lowest BCUT2D eigenvalue weighted by molar-refractivity contribution is -0.129. The molecular weight excluding hydrogens is 266 g/mol. The highest BCUT2D eigenvalue weighted by Crippen LogP contribution is 2.39. The number of nitrogens with zero attached hydrogens (tertiary/aromatic N) is 2. The maximum absolute atomic E-state index is 12.3. The van der Waals surface area contributed by atoms with E-state index >= 15 is 0 Å². The minimum Gasteiger partial charge on any atom is -0.309 e. The molecule has 2 fully saturated rings. The summed E-state index contributed by atoms with van der Waals surface area (Å²) in [6.07, 6.45) is 7.97. The quantitative estimate of drug-likeness (QED) is 0.866. The van der Waals surface area contributed by atoms with Crippen molar-refractivity contribution in [1.29, 1.82) is 0 Å². The number of aromatic nitrogens is 1. The van der Waals surface area contributed by atoms with Gasteiger partial charge in [0, 0.05) is 18.9 Å². The van der Waals surface area contributed by atoms with Crippen LogP contribution in [0.5, 0.6) is 0 Å². The second-order valence-corrected chi connectivity index (χ2v) is 6.26. The first-order valence-corrected chi connectivity index (χ1v) is 7.64. The molecule has 1 spiro atoms. The number of hydrogen-bond acceptors (Lipinski definition) is 3. The number of rotatable bonds is 3. The third-order valence-corrected chi connectivity index (χ3v) is 4.73. The predicted octanol–water partition coefficient (Wildman–Crippen LogP) is 2.12. The van der Waals surface area contributed by atoms with Gasteiger partial charge in [0.05, 0.1) is 0 Å². The van der Waals surface area contributed by atoms with Crippen molar-refractivity contribution in [2.24, 2.45) is 5.92 Å². The SMILES string of the molecule is CC1CCCC2(C1)C(=O)NC(=O)N2CCc1cccnc1. The van der Waals surface area contributed by atoms with Gasteiger partial charge in [0.2, 0.25) is 0 Å². The smallest absolute Gasteiger partial charge is 0.309 e. The first-order valence-electron chi connectivity index (χ1n) is 7.64. The Morgan fingerprint density at radius 3 is 3.05 bits per heavy atom. The van der Waals surface area contributed by atoms with Gasteiger partial charge in [-0.1, -0.05) is 25.8 Å². The molecule has 1 saturated heterocycles. The molecule has 3 rings (SSSR count). The molecule has 2 aliphatic rings. The van der Waals surface area contributed by atoms with Gasteiger partial charge in [-0.25, -0.2) is 4.79 Å². The molecule has 21 heavy (non-hydrogen) atoms. The van der Waals surface area contributed by atoms with E-state index in [-0.39, 0.29) is 11.9 Å². The van der Waals surface area contributed by atoms with Crippen LogP contribution in [0.4, 0.5) is 4.79 Å². The second-order valence-electron chi connectivity index (χ2n) is 6.26. The molecule has 1 aliphatic heterocycles. The molecule has 2 unspecified atom stereocenters. The minimum absolute atomic E-state index is 0.106. The highest BCUT2D eigenvalue weighted by molar-refractivity contribution is 6.07. The Bertz CT molecular complexity index is 546. The van der Waals surface area contributed by atoms with Crippen molar-refractivity contribution in [2.75, 3.05) is 6.54 Å². The van der Waals surface area contributed by atoms with E-state index in [1.165, 1.54) is 0 Å². The molecule has 5 heteroatoms. The van der Waals surface area contributed by atoms with Gasteiger partial charge in [-0.15, -0.1) is 0 Å². The van der Waals surface area contributed by atoms with Gasteiger partial charge in [-0.2, -0.15) is 0 Å². The normalized spacial score (nSPS) is 29.0. The van der Waals surface area contributed by atoms with Crippen LogP contribution in [0, 0.1) is 5.92 Å². The van der Waals surface area contributed by atoms with E-state index in [4.69, 9.17) is 0 Å². The molecule has 1 aliphatic carbocycles. The predicted molar refractivity (Wildman–Crippen MR) is 78.5 cm³/mol. The summed E-state index contributed by atoms with van der Waals surface area (Å²) in [5.41, 5.74) is 0.473. The summed E-state index contributed by atoms with van der Waals surface area (Å²) in [5, 5.41) is 2.52. The third kappa shape index (κ3) is 2.52. The number of imide groups is 1. The maximum Gasteiger partial charge on any atom is 0.325 e. The van der Waals surface area contributed by atoms with E-state index in [0.717, 1.165) is 37.7 Å². The summed E-state index contributed by atoms with van der Waals surface area (Å²) in [5.74, 6) is 0.376. The molecule has 1 aromatic heterocycles. The summed E-state index contributed by atoms with van der Waals surface area (Å²) in [6, 6.07) is 3.65. The lowest BCUT2D eigenvalue weighted by atomic mass is 9.75. The molecule has 0 bridgehead atoms. The van der Waals surface area contributed by atoms with Crippen molar-refractivity contribution < 1.29 is 9.59 Å². The molecular formula is C16H21N3O2. The first kappa shape index (κ1) is 14.0. The molecule has 3 amide bonds. The van der Waals surface area contributed by atoms with E-state index in [1.54, 1.807) is 11.1 Å². The van der Waals surface area contributed by atoms with E-state index in [9.17, 15) is 9.59 Å². The van der Waals surface area contributed by atoms with Gasteiger partial charge in [-0.05, 0) is 36.8 Å². The topological polar surface area (TPSA) is 62.3 Å². The summed E-state index contributed by atoms with van der Waals surface area (Å²) >= 11 is 0. The zero-order valence-electron chi connectivity index (χ0n) is 12.3. The number of nitrogens with one attached hydrogen (secondary N) is 1. The maximum atomic E-state index is 12.3. The van der Waals surface area contributed by atoms with Gasteiger partial charge >= 0.3 is 6.03 Å². The van der Waals surface area contributed by atoms with Gasteiger partial charge in [0.15, 0.2) is 0 Å². The van der Waals surface area contributed by atoms with Crippen LogP contribution in [0.1, 0.15) is 38.2 Å². The molecule has 5 nitrogen and oxygen atoms in total. The van der Waals surface area contributed by atoms with E-state index in [0.29, 0.717) is 12.5 Å². The van der Waals surface area contributed by atoms with Crippen LogP contribution in [-0.4, -0.2) is 33.9 Å². The van der Waals surface area contributed by atoms with Crippen molar-refractivity contribution in [3.8, 4) is 0 Å².